The molecule has 0 aromatic carbocycles. The number of nitrogens with zero attached hydrogens (tertiary/aromatic N) is 1. The highest BCUT2D eigenvalue weighted by Gasteiger charge is 2.36. The molecule has 0 amide bonds. The van der Waals surface area contributed by atoms with E-state index in [1.54, 1.807) is 0 Å². The van der Waals surface area contributed by atoms with Crippen LogP contribution in [0.5, 0.6) is 0 Å². The summed E-state index contributed by atoms with van der Waals surface area (Å²) in [6.07, 6.45) is 6.68. The summed E-state index contributed by atoms with van der Waals surface area (Å²) in [6.45, 7) is 1.27. The first-order valence-electron chi connectivity index (χ1n) is 4.97. The van der Waals surface area contributed by atoms with Crippen LogP contribution in [0.4, 0.5) is 0 Å². The fraction of sp³-hybridized carbons (Fsp3) is 1.00. The third kappa shape index (κ3) is 1.63. The molecule has 3 heteroatoms. The zero-order chi connectivity index (χ0) is 8.55. The molecular weight excluding hydrogens is 263 g/mol. The second-order valence-electron chi connectivity index (χ2n) is 4.09. The van der Waals surface area contributed by atoms with Crippen LogP contribution in [0.15, 0.2) is 0 Å². The lowest BCUT2D eigenvalue weighted by Gasteiger charge is -2.43. The first-order chi connectivity index (χ1) is 5.79. The lowest BCUT2D eigenvalue weighted by molar-refractivity contribution is 0.132. The largest absolute Gasteiger partial charge is 0.327 e. The minimum absolute atomic E-state index is 0.487. The molecule has 70 valence electrons. The summed E-state index contributed by atoms with van der Waals surface area (Å²) in [7, 11) is 0. The number of fused-ring (bicyclic) bond motifs is 1. The van der Waals surface area contributed by atoms with Crippen LogP contribution in [0, 0.1) is 5.92 Å². The summed E-state index contributed by atoms with van der Waals surface area (Å²) in [5.41, 5.74) is 6.12. The van der Waals surface area contributed by atoms with Gasteiger partial charge in [-0.05, 0) is 31.6 Å². The number of hydrogen-bond donors (Lipinski definition) is 1. The lowest BCUT2D eigenvalue weighted by atomic mass is 9.76. The van der Waals surface area contributed by atoms with E-state index in [1.807, 2.05) is 0 Å². The first-order valence-corrected chi connectivity index (χ1v) is 5.93. The van der Waals surface area contributed by atoms with Crippen molar-refractivity contribution in [3.8, 4) is 0 Å². The van der Waals surface area contributed by atoms with Crippen LogP contribution in [0.1, 0.15) is 32.1 Å². The molecule has 0 aromatic rings. The monoisotopic (exact) mass is 280 g/mol. The van der Waals surface area contributed by atoms with Crippen LogP contribution >= 0.6 is 22.9 Å². The molecule has 3 atom stereocenters. The highest BCUT2D eigenvalue weighted by molar-refractivity contribution is 14.1. The van der Waals surface area contributed by atoms with E-state index >= 15 is 0 Å². The summed E-state index contributed by atoms with van der Waals surface area (Å²) in [5.74, 6) is 0.796. The number of nitrogens with two attached hydrogens (primary N) is 1. The summed E-state index contributed by atoms with van der Waals surface area (Å²) < 4.78 is 2.49. The van der Waals surface area contributed by atoms with Crippen molar-refractivity contribution in [3.05, 3.63) is 0 Å². The smallest absolute Gasteiger partial charge is 0.0237 e. The fourth-order valence-corrected chi connectivity index (χ4v) is 3.71. The Balaban J connectivity index is 2.05. The molecule has 0 aromatic heterocycles. The molecule has 2 nitrogen and oxygen atoms in total. The molecule has 12 heavy (non-hydrogen) atoms. The van der Waals surface area contributed by atoms with Crippen molar-refractivity contribution in [2.75, 3.05) is 6.54 Å². The second kappa shape index (κ2) is 3.80. The van der Waals surface area contributed by atoms with Crippen molar-refractivity contribution in [1.29, 1.82) is 0 Å². The maximum absolute atomic E-state index is 6.12. The standard InChI is InChI=1S/C9H17IN2/c10-12-6-2-3-7-8(11)4-1-5-9(7)12/h7-9H,1-6,11H2. The quantitative estimate of drug-likeness (QED) is 0.542. The number of halogens is 1. The Bertz CT molecular complexity index is 145. The Morgan fingerprint density at radius 3 is 2.75 bits per heavy atom. The van der Waals surface area contributed by atoms with E-state index in [4.69, 9.17) is 5.73 Å². The predicted octanol–water partition coefficient (Wildman–Crippen LogP) is 1.93. The third-order valence-electron chi connectivity index (χ3n) is 3.35. The van der Waals surface area contributed by atoms with Gasteiger partial charge in [0.05, 0.1) is 0 Å². The summed E-state index contributed by atoms with van der Waals surface area (Å²) in [5, 5.41) is 0. The van der Waals surface area contributed by atoms with Crippen LogP contribution in [-0.4, -0.2) is 21.7 Å². The molecule has 3 unspecified atom stereocenters. The first kappa shape index (κ1) is 9.21. The Hall–Kier alpha value is 0.650. The van der Waals surface area contributed by atoms with Crippen LogP contribution < -0.4 is 5.73 Å². The fourth-order valence-electron chi connectivity index (χ4n) is 2.67. The topological polar surface area (TPSA) is 29.3 Å². The molecule has 0 bridgehead atoms. The zero-order valence-electron chi connectivity index (χ0n) is 7.38. The van der Waals surface area contributed by atoms with E-state index in [2.05, 4.69) is 26.0 Å². The van der Waals surface area contributed by atoms with Gasteiger partial charge in [-0.25, -0.2) is 3.11 Å². The van der Waals surface area contributed by atoms with Gasteiger partial charge in [0.1, 0.15) is 0 Å². The summed E-state index contributed by atoms with van der Waals surface area (Å²) >= 11 is 2.48. The van der Waals surface area contributed by atoms with Gasteiger partial charge in [-0.3, -0.25) is 0 Å². The van der Waals surface area contributed by atoms with Crippen molar-refractivity contribution < 1.29 is 0 Å². The van der Waals surface area contributed by atoms with Crippen LogP contribution in [0.2, 0.25) is 0 Å². The second-order valence-corrected chi connectivity index (χ2v) is 5.33. The molecule has 1 saturated heterocycles. The molecule has 2 N–H and O–H groups in total. The maximum atomic E-state index is 6.12. The van der Waals surface area contributed by atoms with Gasteiger partial charge in [0, 0.05) is 41.5 Å². The molecular formula is C9H17IN2. The molecule has 0 spiro atoms. The minimum atomic E-state index is 0.487. The average molecular weight is 280 g/mol. The van der Waals surface area contributed by atoms with Gasteiger partial charge in [-0.15, -0.1) is 0 Å². The molecule has 2 rings (SSSR count). The van der Waals surface area contributed by atoms with Crippen LogP contribution in [-0.2, 0) is 0 Å². The van der Waals surface area contributed by atoms with E-state index in [9.17, 15) is 0 Å². The van der Waals surface area contributed by atoms with Crippen molar-refractivity contribution in [1.82, 2.24) is 3.11 Å². The minimum Gasteiger partial charge on any atom is -0.327 e. The SMILES string of the molecule is NC1CCCC2C1CCCN2I. The maximum Gasteiger partial charge on any atom is 0.0237 e. The predicted molar refractivity (Wildman–Crippen MR) is 59.1 cm³/mol. The molecule has 1 saturated carbocycles. The van der Waals surface area contributed by atoms with E-state index < -0.39 is 0 Å². The Labute approximate surface area is 88.4 Å². The third-order valence-corrected chi connectivity index (χ3v) is 4.55. The zero-order valence-corrected chi connectivity index (χ0v) is 9.53. The lowest BCUT2D eigenvalue weighted by Crippen LogP contribution is -2.50. The van der Waals surface area contributed by atoms with E-state index in [0.29, 0.717) is 6.04 Å². The van der Waals surface area contributed by atoms with Crippen molar-refractivity contribution in [2.24, 2.45) is 11.7 Å². The van der Waals surface area contributed by atoms with Gasteiger partial charge in [0.25, 0.3) is 0 Å². The van der Waals surface area contributed by atoms with Gasteiger partial charge in [-0.2, -0.15) is 0 Å². The van der Waals surface area contributed by atoms with Crippen molar-refractivity contribution in [2.45, 2.75) is 44.2 Å². The Morgan fingerprint density at radius 2 is 2.00 bits per heavy atom. The highest BCUT2D eigenvalue weighted by Crippen LogP contribution is 2.36. The number of piperidine rings is 1. The van der Waals surface area contributed by atoms with Crippen LogP contribution in [0.3, 0.4) is 0 Å². The number of hydrogen-bond acceptors (Lipinski definition) is 2. The van der Waals surface area contributed by atoms with Gasteiger partial charge in [0.15, 0.2) is 0 Å². The number of rotatable bonds is 0. The molecule has 2 aliphatic rings. The van der Waals surface area contributed by atoms with Crippen LogP contribution in [0.25, 0.3) is 0 Å². The van der Waals surface area contributed by atoms with Gasteiger partial charge < -0.3 is 5.73 Å². The van der Waals surface area contributed by atoms with Gasteiger partial charge in [-0.1, -0.05) is 6.42 Å². The van der Waals surface area contributed by atoms with Crippen molar-refractivity contribution >= 4 is 22.9 Å². The molecule has 1 heterocycles. The normalized spacial score (nSPS) is 44.0. The average Bonchev–Trinajstić information content (AvgIpc) is 2.07. The van der Waals surface area contributed by atoms with Gasteiger partial charge in [0.2, 0.25) is 0 Å². The summed E-state index contributed by atoms with van der Waals surface area (Å²) in [4.78, 5) is 0. The molecule has 0 radical (unpaired) electrons. The van der Waals surface area contributed by atoms with Crippen molar-refractivity contribution in [3.63, 3.8) is 0 Å². The highest BCUT2D eigenvalue weighted by atomic mass is 127. The van der Waals surface area contributed by atoms with Gasteiger partial charge >= 0.3 is 0 Å². The Kier molecular flexibility index (Phi) is 2.92. The molecule has 1 aliphatic heterocycles. The Morgan fingerprint density at radius 1 is 1.17 bits per heavy atom. The summed E-state index contributed by atoms with van der Waals surface area (Å²) in [6, 6.07) is 1.28. The molecule has 2 fully saturated rings. The molecule has 1 aliphatic carbocycles. The van der Waals surface area contributed by atoms with E-state index in [-0.39, 0.29) is 0 Å². The van der Waals surface area contributed by atoms with E-state index in [1.165, 1.54) is 38.6 Å². The van der Waals surface area contributed by atoms with E-state index in [0.717, 1.165) is 12.0 Å².